The summed E-state index contributed by atoms with van der Waals surface area (Å²) >= 11 is 0. The van der Waals surface area contributed by atoms with Crippen molar-refractivity contribution in [2.75, 3.05) is 0 Å². The minimum absolute atomic E-state index is 0.108. The highest BCUT2D eigenvalue weighted by molar-refractivity contribution is 7.88. The minimum atomic E-state index is -3.48. The maximum atomic E-state index is 11.0. The summed E-state index contributed by atoms with van der Waals surface area (Å²) in [7, 11) is -3.48. The smallest absolute Gasteiger partial charge is 0.213 e. The molecule has 0 fully saturated rings. The Morgan fingerprint density at radius 1 is 1.44 bits per heavy atom. The Morgan fingerprint density at radius 2 is 2.00 bits per heavy atom. The fourth-order valence-electron chi connectivity index (χ4n) is 1.48. The predicted molar refractivity (Wildman–Crippen MR) is 63.2 cm³/mol. The second-order valence-corrected chi connectivity index (χ2v) is 6.92. The molecule has 0 saturated heterocycles. The summed E-state index contributed by atoms with van der Waals surface area (Å²) in [5.41, 5.74) is 1.50. The second kappa shape index (κ2) is 4.18. The van der Waals surface area contributed by atoms with E-state index in [-0.39, 0.29) is 11.2 Å². The monoisotopic (exact) mass is 245 g/mol. The SMILES string of the molecule is Cc1nn(CC(C)(C)C)cc1CS(N)(=O)=O. The fraction of sp³-hybridized carbons (Fsp3) is 0.700. The molecule has 0 atom stereocenters. The summed E-state index contributed by atoms with van der Waals surface area (Å²) < 4.78 is 23.7. The van der Waals surface area contributed by atoms with Crippen LogP contribution in [0, 0.1) is 12.3 Å². The third-order valence-electron chi connectivity index (χ3n) is 2.04. The van der Waals surface area contributed by atoms with E-state index in [9.17, 15) is 8.42 Å². The Bertz CT molecular complexity index is 469. The normalized spacial score (nSPS) is 13.1. The van der Waals surface area contributed by atoms with Gasteiger partial charge in [-0.2, -0.15) is 5.10 Å². The van der Waals surface area contributed by atoms with Crippen LogP contribution in [0.5, 0.6) is 0 Å². The zero-order valence-corrected chi connectivity index (χ0v) is 11.0. The van der Waals surface area contributed by atoms with Gasteiger partial charge in [0.15, 0.2) is 0 Å². The Hall–Kier alpha value is -0.880. The highest BCUT2D eigenvalue weighted by Crippen LogP contribution is 2.17. The molecule has 5 nitrogen and oxygen atoms in total. The predicted octanol–water partition coefficient (Wildman–Crippen LogP) is 1.03. The molecule has 0 amide bonds. The molecule has 1 aromatic rings. The van der Waals surface area contributed by atoms with Gasteiger partial charge >= 0.3 is 0 Å². The molecule has 92 valence electrons. The molecule has 0 spiro atoms. The lowest BCUT2D eigenvalue weighted by Gasteiger charge is -2.17. The van der Waals surface area contributed by atoms with E-state index in [2.05, 4.69) is 25.9 Å². The maximum Gasteiger partial charge on any atom is 0.213 e. The molecule has 6 heteroatoms. The molecule has 1 aromatic heterocycles. The fourth-order valence-corrected chi connectivity index (χ4v) is 2.20. The lowest BCUT2D eigenvalue weighted by molar-refractivity contribution is 0.324. The van der Waals surface area contributed by atoms with Gasteiger partial charge in [-0.05, 0) is 12.3 Å². The first kappa shape index (κ1) is 13.2. The number of nitrogens with zero attached hydrogens (tertiary/aromatic N) is 2. The average molecular weight is 245 g/mol. The summed E-state index contributed by atoms with van der Waals surface area (Å²) in [5.74, 6) is -0.150. The van der Waals surface area contributed by atoms with Crippen molar-refractivity contribution in [3.05, 3.63) is 17.5 Å². The summed E-state index contributed by atoms with van der Waals surface area (Å²) in [4.78, 5) is 0. The Balaban J connectivity index is 2.91. The lowest BCUT2D eigenvalue weighted by atomic mass is 9.97. The molecule has 16 heavy (non-hydrogen) atoms. The van der Waals surface area contributed by atoms with E-state index in [1.807, 2.05) is 0 Å². The van der Waals surface area contributed by atoms with E-state index in [0.717, 1.165) is 12.2 Å². The number of hydrogen-bond donors (Lipinski definition) is 1. The van der Waals surface area contributed by atoms with Gasteiger partial charge < -0.3 is 0 Å². The summed E-state index contributed by atoms with van der Waals surface area (Å²) in [6.07, 6.45) is 1.75. The topological polar surface area (TPSA) is 78.0 Å². The molecular formula is C10H19N3O2S. The molecule has 2 N–H and O–H groups in total. The molecule has 0 bridgehead atoms. The van der Waals surface area contributed by atoms with Crippen LogP contribution in [0.25, 0.3) is 0 Å². The molecule has 0 saturated carbocycles. The molecule has 0 aromatic carbocycles. The molecule has 0 aliphatic rings. The van der Waals surface area contributed by atoms with Gasteiger partial charge in [0, 0.05) is 18.3 Å². The quantitative estimate of drug-likeness (QED) is 0.863. The van der Waals surface area contributed by atoms with Crippen LogP contribution in [0.15, 0.2) is 6.20 Å². The van der Waals surface area contributed by atoms with Gasteiger partial charge in [-0.15, -0.1) is 0 Å². The highest BCUT2D eigenvalue weighted by atomic mass is 32.2. The minimum Gasteiger partial charge on any atom is -0.272 e. The highest BCUT2D eigenvalue weighted by Gasteiger charge is 2.15. The molecule has 0 aliphatic carbocycles. The number of aromatic nitrogens is 2. The van der Waals surface area contributed by atoms with Crippen LogP contribution < -0.4 is 5.14 Å². The first-order valence-corrected chi connectivity index (χ1v) is 6.82. The van der Waals surface area contributed by atoms with Crippen LogP contribution in [0.3, 0.4) is 0 Å². The zero-order valence-electron chi connectivity index (χ0n) is 10.2. The summed E-state index contributed by atoms with van der Waals surface area (Å²) in [6, 6.07) is 0. The molecule has 0 radical (unpaired) electrons. The third-order valence-corrected chi connectivity index (χ3v) is 2.75. The van der Waals surface area contributed by atoms with Gasteiger partial charge in [0.25, 0.3) is 0 Å². The maximum absolute atomic E-state index is 11.0. The number of nitrogens with two attached hydrogens (primary N) is 1. The van der Waals surface area contributed by atoms with Gasteiger partial charge in [-0.3, -0.25) is 4.68 Å². The summed E-state index contributed by atoms with van der Waals surface area (Å²) in [6.45, 7) is 8.84. The van der Waals surface area contributed by atoms with Crippen molar-refractivity contribution in [3.8, 4) is 0 Å². The van der Waals surface area contributed by atoms with E-state index in [1.165, 1.54) is 0 Å². The Morgan fingerprint density at radius 3 is 2.44 bits per heavy atom. The molecular weight excluding hydrogens is 226 g/mol. The van der Waals surface area contributed by atoms with Gasteiger partial charge in [0.2, 0.25) is 10.0 Å². The average Bonchev–Trinajstić information content (AvgIpc) is 2.23. The number of aryl methyl sites for hydroxylation is 1. The van der Waals surface area contributed by atoms with Crippen LogP contribution in [0.1, 0.15) is 32.0 Å². The van der Waals surface area contributed by atoms with Crippen molar-refractivity contribution in [2.24, 2.45) is 10.6 Å². The Kier molecular flexibility index (Phi) is 3.44. The van der Waals surface area contributed by atoms with Gasteiger partial charge in [0.05, 0.1) is 11.4 Å². The lowest BCUT2D eigenvalue weighted by Crippen LogP contribution is -2.16. The van der Waals surface area contributed by atoms with Crippen LogP contribution in [0.2, 0.25) is 0 Å². The zero-order chi connectivity index (χ0) is 12.6. The third kappa shape index (κ3) is 4.32. The van der Waals surface area contributed by atoms with Crippen LogP contribution in [0.4, 0.5) is 0 Å². The van der Waals surface area contributed by atoms with Gasteiger partial charge in [-0.25, -0.2) is 13.6 Å². The van der Waals surface area contributed by atoms with Crippen molar-refractivity contribution in [1.29, 1.82) is 0 Å². The molecule has 0 unspecified atom stereocenters. The van der Waals surface area contributed by atoms with E-state index in [0.29, 0.717) is 5.56 Å². The molecule has 1 rings (SSSR count). The number of hydrogen-bond acceptors (Lipinski definition) is 3. The van der Waals surface area contributed by atoms with Crippen molar-refractivity contribution in [2.45, 2.75) is 40.0 Å². The van der Waals surface area contributed by atoms with E-state index >= 15 is 0 Å². The van der Waals surface area contributed by atoms with Crippen LogP contribution >= 0.6 is 0 Å². The van der Waals surface area contributed by atoms with Crippen molar-refractivity contribution < 1.29 is 8.42 Å². The second-order valence-electron chi connectivity index (χ2n) is 5.31. The number of rotatable bonds is 3. The number of primary sulfonamides is 1. The van der Waals surface area contributed by atoms with E-state index in [1.54, 1.807) is 17.8 Å². The van der Waals surface area contributed by atoms with Gasteiger partial charge in [0.1, 0.15) is 0 Å². The van der Waals surface area contributed by atoms with Crippen LogP contribution in [-0.4, -0.2) is 18.2 Å². The first-order valence-electron chi connectivity index (χ1n) is 5.10. The summed E-state index contributed by atoms with van der Waals surface area (Å²) in [5, 5.41) is 9.28. The van der Waals surface area contributed by atoms with E-state index < -0.39 is 10.0 Å². The van der Waals surface area contributed by atoms with Crippen molar-refractivity contribution in [1.82, 2.24) is 9.78 Å². The standard InChI is InChI=1S/C10H19N3O2S/c1-8-9(6-16(11,14)15)5-13(12-8)7-10(2,3)4/h5H,6-7H2,1-4H3,(H2,11,14,15). The van der Waals surface area contributed by atoms with Gasteiger partial charge in [-0.1, -0.05) is 20.8 Å². The molecule has 1 heterocycles. The molecule has 0 aliphatic heterocycles. The van der Waals surface area contributed by atoms with Crippen LogP contribution in [-0.2, 0) is 22.3 Å². The first-order chi connectivity index (χ1) is 7.07. The van der Waals surface area contributed by atoms with Crippen molar-refractivity contribution >= 4 is 10.0 Å². The number of sulfonamides is 1. The van der Waals surface area contributed by atoms with Crippen molar-refractivity contribution in [3.63, 3.8) is 0 Å². The largest absolute Gasteiger partial charge is 0.272 e. The Labute approximate surface area is 96.7 Å². The van der Waals surface area contributed by atoms with E-state index in [4.69, 9.17) is 5.14 Å².